The molecule has 1 heterocycles. The third-order valence-corrected chi connectivity index (χ3v) is 6.99. The van der Waals surface area contributed by atoms with Crippen LogP contribution in [0, 0.1) is 18.8 Å². The Morgan fingerprint density at radius 3 is 2.10 bits per heavy atom. The lowest BCUT2D eigenvalue weighted by Gasteiger charge is -2.34. The van der Waals surface area contributed by atoms with Gasteiger partial charge in [-0.2, -0.15) is 4.72 Å². The molecule has 2 N–H and O–H groups in total. The lowest BCUT2D eigenvalue weighted by atomic mass is 9.94. The Hall–Kier alpha value is -2.46. The highest BCUT2D eigenvalue weighted by Gasteiger charge is 2.32. The number of sulfonamides is 1. The van der Waals surface area contributed by atoms with Crippen molar-refractivity contribution >= 4 is 27.8 Å². The molecule has 0 saturated carbocycles. The van der Waals surface area contributed by atoms with Crippen LogP contribution in [-0.4, -0.2) is 56.3 Å². The number of carboxylic acid groups (broad SMARTS) is 1. The van der Waals surface area contributed by atoms with Gasteiger partial charge in [0.05, 0.1) is 22.9 Å². The zero-order valence-corrected chi connectivity index (χ0v) is 19.1. The van der Waals surface area contributed by atoms with Crippen molar-refractivity contribution in [2.24, 2.45) is 11.8 Å². The van der Waals surface area contributed by atoms with Crippen molar-refractivity contribution in [1.29, 1.82) is 0 Å². The number of nitrogens with one attached hydrogen (secondary N) is 2. The van der Waals surface area contributed by atoms with Gasteiger partial charge in [-0.25, -0.2) is 8.42 Å². The van der Waals surface area contributed by atoms with Gasteiger partial charge in [-0.15, -0.1) is 0 Å². The van der Waals surface area contributed by atoms with E-state index < -0.39 is 34.0 Å². The summed E-state index contributed by atoms with van der Waals surface area (Å²) in [6.45, 7) is 7.26. The van der Waals surface area contributed by atoms with E-state index in [1.54, 1.807) is 26.0 Å². The van der Waals surface area contributed by atoms with Crippen LogP contribution in [0.2, 0.25) is 0 Å². The molecule has 2 amide bonds. The average molecular weight is 453 g/mol. The summed E-state index contributed by atoms with van der Waals surface area (Å²) in [6, 6.07) is 4.30. The number of carbonyl (C=O) groups excluding carboxylic acids is 3. The molecule has 172 valence electrons. The number of piperidine rings is 1. The molecule has 0 aromatic heterocycles. The fraction of sp³-hybridized carbons (Fsp3) is 0.571. The molecule has 1 saturated heterocycles. The van der Waals surface area contributed by atoms with Crippen LogP contribution in [0.4, 0.5) is 0 Å². The maximum atomic E-state index is 12.7. The molecular formula is C21H30N3O6S-. The van der Waals surface area contributed by atoms with Gasteiger partial charge in [0.1, 0.15) is 0 Å². The van der Waals surface area contributed by atoms with E-state index in [-0.39, 0.29) is 35.7 Å². The van der Waals surface area contributed by atoms with Crippen molar-refractivity contribution in [1.82, 2.24) is 14.9 Å². The number of benzene rings is 1. The Balaban J connectivity index is 1.91. The number of likely N-dealkylation sites (tertiary alicyclic amines) is 1. The lowest BCUT2D eigenvalue weighted by molar-refractivity contribution is -0.309. The Morgan fingerprint density at radius 2 is 1.61 bits per heavy atom. The summed E-state index contributed by atoms with van der Waals surface area (Å²) >= 11 is 0. The van der Waals surface area contributed by atoms with Crippen molar-refractivity contribution in [3.8, 4) is 0 Å². The fourth-order valence-corrected chi connectivity index (χ4v) is 4.67. The highest BCUT2D eigenvalue weighted by molar-refractivity contribution is 7.89. The summed E-state index contributed by atoms with van der Waals surface area (Å²) in [5.74, 6) is -2.79. The van der Waals surface area contributed by atoms with Crippen molar-refractivity contribution in [3.63, 3.8) is 0 Å². The van der Waals surface area contributed by atoms with Crippen LogP contribution in [0.1, 0.15) is 39.2 Å². The van der Waals surface area contributed by atoms with Crippen LogP contribution in [-0.2, 0) is 24.4 Å². The largest absolute Gasteiger partial charge is 0.548 e. The molecule has 31 heavy (non-hydrogen) atoms. The van der Waals surface area contributed by atoms with Gasteiger partial charge in [-0.3, -0.25) is 9.59 Å². The van der Waals surface area contributed by atoms with Crippen LogP contribution < -0.4 is 15.1 Å². The smallest absolute Gasteiger partial charge is 0.241 e. The molecule has 0 radical (unpaired) electrons. The molecule has 2 atom stereocenters. The van der Waals surface area contributed by atoms with Crippen molar-refractivity contribution in [2.75, 3.05) is 13.1 Å². The molecule has 10 heteroatoms. The molecule has 1 fully saturated rings. The van der Waals surface area contributed by atoms with E-state index in [2.05, 4.69) is 10.0 Å². The lowest BCUT2D eigenvalue weighted by Crippen LogP contribution is -2.54. The monoisotopic (exact) mass is 452 g/mol. The summed E-state index contributed by atoms with van der Waals surface area (Å²) in [6.07, 6.45) is 0.736. The van der Waals surface area contributed by atoms with E-state index >= 15 is 0 Å². The predicted octanol–water partition coefficient (Wildman–Crippen LogP) is -0.209. The summed E-state index contributed by atoms with van der Waals surface area (Å²) in [4.78, 5) is 37.9. The predicted molar refractivity (Wildman–Crippen MR) is 112 cm³/mol. The number of carboxylic acids is 1. The molecule has 1 aromatic rings. The number of nitrogens with zero attached hydrogens (tertiary/aromatic N) is 1. The molecule has 0 bridgehead atoms. The minimum Gasteiger partial charge on any atom is -0.548 e. The summed E-state index contributed by atoms with van der Waals surface area (Å²) < 4.78 is 27.4. The maximum Gasteiger partial charge on any atom is 0.241 e. The number of aryl methyl sites for hydroxylation is 1. The number of carbonyl (C=O) groups is 3. The van der Waals surface area contributed by atoms with Crippen molar-refractivity contribution in [2.45, 2.75) is 57.5 Å². The number of hydrogen-bond donors (Lipinski definition) is 2. The van der Waals surface area contributed by atoms with E-state index in [1.165, 1.54) is 24.0 Å². The van der Waals surface area contributed by atoms with Crippen LogP contribution in [0.15, 0.2) is 29.2 Å². The fourth-order valence-electron chi connectivity index (χ4n) is 3.47. The van der Waals surface area contributed by atoms with Crippen molar-refractivity contribution < 1.29 is 27.9 Å². The Morgan fingerprint density at radius 1 is 1.06 bits per heavy atom. The van der Waals surface area contributed by atoms with Crippen LogP contribution >= 0.6 is 0 Å². The second-order valence-electron chi connectivity index (χ2n) is 8.30. The minimum atomic E-state index is -3.84. The standard InChI is InChI=1S/C21H31N3O6S/c1-13(2)18(21(27)28)22-19(25)16-9-11-24(12-10-16)20(26)15(4)23-31(29,30)17-7-5-14(3)6-8-17/h5-8,13,15-16,18,23H,9-12H2,1-4H3,(H,22,25)(H,27,28)/p-1/t15-,18+/m1/s1. The molecule has 0 aliphatic carbocycles. The van der Waals surface area contributed by atoms with Gasteiger partial charge in [0.2, 0.25) is 21.8 Å². The Bertz CT molecular complexity index is 906. The SMILES string of the molecule is Cc1ccc(S(=O)(=O)N[C@H](C)C(=O)N2CCC(C(=O)N[C@H](C(=O)[O-])C(C)C)CC2)cc1. The Kier molecular flexibility index (Phi) is 8.19. The highest BCUT2D eigenvalue weighted by Crippen LogP contribution is 2.19. The number of rotatable bonds is 8. The number of amides is 2. The number of hydrogen-bond acceptors (Lipinski definition) is 6. The second-order valence-corrected chi connectivity index (χ2v) is 10.0. The number of aliphatic carboxylic acids is 1. The maximum absolute atomic E-state index is 12.7. The first kappa shape index (κ1) is 24.8. The van der Waals surface area contributed by atoms with E-state index in [0.29, 0.717) is 12.8 Å². The second kappa shape index (κ2) is 10.2. The molecule has 9 nitrogen and oxygen atoms in total. The molecule has 1 aliphatic heterocycles. The van der Waals surface area contributed by atoms with Crippen LogP contribution in [0.25, 0.3) is 0 Å². The normalized spacial score (nSPS) is 17.3. The first-order valence-electron chi connectivity index (χ1n) is 10.3. The van der Waals surface area contributed by atoms with Gasteiger partial charge in [-0.1, -0.05) is 31.5 Å². The van der Waals surface area contributed by atoms with Gasteiger partial charge in [0.25, 0.3) is 0 Å². The zero-order chi connectivity index (χ0) is 23.3. The van der Waals surface area contributed by atoms with E-state index in [4.69, 9.17) is 0 Å². The minimum absolute atomic E-state index is 0.0840. The molecule has 1 aliphatic rings. The van der Waals surface area contributed by atoms with Gasteiger partial charge in [0.15, 0.2) is 0 Å². The third kappa shape index (κ3) is 6.51. The summed E-state index contributed by atoms with van der Waals surface area (Å²) in [5, 5.41) is 13.7. The molecular weight excluding hydrogens is 422 g/mol. The first-order chi connectivity index (χ1) is 14.4. The zero-order valence-electron chi connectivity index (χ0n) is 18.3. The third-order valence-electron chi connectivity index (χ3n) is 5.43. The van der Waals surface area contributed by atoms with Gasteiger partial charge < -0.3 is 20.1 Å². The molecule has 0 unspecified atom stereocenters. The summed E-state index contributed by atoms with van der Waals surface area (Å²) in [5.41, 5.74) is 0.925. The van der Waals surface area contributed by atoms with E-state index in [9.17, 15) is 27.9 Å². The summed E-state index contributed by atoms with van der Waals surface area (Å²) in [7, 11) is -3.84. The van der Waals surface area contributed by atoms with Gasteiger partial charge >= 0.3 is 0 Å². The van der Waals surface area contributed by atoms with Crippen LogP contribution in [0.3, 0.4) is 0 Å². The quantitative estimate of drug-likeness (QED) is 0.560. The van der Waals surface area contributed by atoms with Gasteiger partial charge in [0, 0.05) is 19.0 Å². The molecule has 0 spiro atoms. The van der Waals surface area contributed by atoms with Crippen LogP contribution in [0.5, 0.6) is 0 Å². The first-order valence-corrected chi connectivity index (χ1v) is 11.8. The topological polar surface area (TPSA) is 136 Å². The van der Waals surface area contributed by atoms with Crippen molar-refractivity contribution in [3.05, 3.63) is 29.8 Å². The van der Waals surface area contributed by atoms with Gasteiger partial charge in [-0.05, 0) is 44.7 Å². The molecule has 1 aromatic carbocycles. The highest BCUT2D eigenvalue weighted by atomic mass is 32.2. The average Bonchev–Trinajstić information content (AvgIpc) is 2.70. The Labute approximate surface area is 183 Å². The van der Waals surface area contributed by atoms with E-state index in [0.717, 1.165) is 5.56 Å². The molecule has 2 rings (SSSR count). The van der Waals surface area contributed by atoms with E-state index in [1.807, 2.05) is 6.92 Å².